The number of methoxy groups -OCH3 is 2. The molecule has 0 bridgehead atoms. The van der Waals surface area contributed by atoms with Gasteiger partial charge in [0.1, 0.15) is 39.2 Å². The molecule has 44 heavy (non-hydrogen) atoms. The molecule has 11 nitrogen and oxygen atoms in total. The lowest BCUT2D eigenvalue weighted by Gasteiger charge is -2.14. The molecule has 3 aromatic carbocycles. The van der Waals surface area contributed by atoms with Gasteiger partial charge in [-0.1, -0.05) is 11.6 Å². The van der Waals surface area contributed by atoms with Crippen LogP contribution in [0.15, 0.2) is 40.9 Å². The smallest absolute Gasteiger partial charge is 0.343 e. The predicted molar refractivity (Wildman–Crippen MR) is 152 cm³/mol. The fourth-order valence-electron chi connectivity index (χ4n) is 3.87. The van der Waals surface area contributed by atoms with Crippen molar-refractivity contribution in [1.29, 1.82) is 0 Å². The molecule has 16 heteroatoms. The number of carbonyl (C=O) groups is 1. The van der Waals surface area contributed by atoms with E-state index in [0.717, 1.165) is 12.1 Å². The number of hydrogen-bond donors (Lipinski definition) is 3. The number of aliphatic imine (C=N–C) groups is 1. The molecule has 0 atom stereocenters. The largest absolute Gasteiger partial charge is 0.506 e. The number of benzene rings is 3. The Morgan fingerprint density at radius 1 is 1.09 bits per heavy atom. The Hall–Kier alpha value is -4.89. The van der Waals surface area contributed by atoms with E-state index in [1.165, 1.54) is 21.1 Å². The van der Waals surface area contributed by atoms with E-state index in [9.17, 15) is 42.7 Å². The summed E-state index contributed by atoms with van der Waals surface area (Å²) < 4.78 is 73.4. The van der Waals surface area contributed by atoms with Crippen LogP contribution < -0.4 is 14.8 Å². The number of rotatable bonds is 12. The molecule has 0 aliphatic heterocycles. The van der Waals surface area contributed by atoms with Crippen molar-refractivity contribution in [3.8, 4) is 11.5 Å². The molecule has 234 valence electrons. The third-order valence-corrected chi connectivity index (χ3v) is 6.38. The molecule has 0 aromatic heterocycles. The summed E-state index contributed by atoms with van der Waals surface area (Å²) in [6.07, 6.45) is 0.564. The van der Waals surface area contributed by atoms with Gasteiger partial charge in [0.15, 0.2) is 11.6 Å². The molecule has 0 fully saturated rings. The van der Waals surface area contributed by atoms with E-state index >= 15 is 0 Å². The lowest BCUT2D eigenvalue weighted by Crippen LogP contribution is -2.14. The number of nitrogens with zero attached hydrogens (tertiary/aromatic N) is 2. The second-order valence-electron chi connectivity index (χ2n) is 8.63. The number of anilines is 1. The van der Waals surface area contributed by atoms with Gasteiger partial charge in [-0.3, -0.25) is 15.1 Å². The quantitative estimate of drug-likeness (QED) is 0.0243. The number of halogens is 5. The highest BCUT2D eigenvalue weighted by Gasteiger charge is 2.36. The molecular formula is C28H24ClF4N3O8. The van der Waals surface area contributed by atoms with E-state index in [4.69, 9.17) is 25.8 Å². The molecule has 0 aliphatic rings. The highest BCUT2D eigenvalue weighted by molar-refractivity contribution is 6.31. The molecule has 0 saturated heterocycles. The zero-order valence-electron chi connectivity index (χ0n) is 23.2. The Bertz CT molecular complexity index is 1670. The number of aliphatic hydroxyl groups excluding tert-OH is 2. The van der Waals surface area contributed by atoms with Crippen LogP contribution in [0.5, 0.6) is 11.5 Å². The van der Waals surface area contributed by atoms with Crippen LogP contribution >= 0.6 is 11.6 Å². The van der Waals surface area contributed by atoms with Crippen LogP contribution in [0.3, 0.4) is 0 Å². The fraction of sp³-hybridized carbons (Fsp3) is 0.214. The average molecular weight is 642 g/mol. The van der Waals surface area contributed by atoms with Crippen LogP contribution in [0.2, 0.25) is 5.02 Å². The van der Waals surface area contributed by atoms with Crippen LogP contribution in [0.1, 0.15) is 23.6 Å². The van der Waals surface area contributed by atoms with Gasteiger partial charge in [-0.15, -0.1) is 0 Å². The summed E-state index contributed by atoms with van der Waals surface area (Å²) in [5.74, 6) is -9.05. The number of nitro groups is 1. The van der Waals surface area contributed by atoms with E-state index in [1.807, 2.05) is 0 Å². The van der Waals surface area contributed by atoms with Gasteiger partial charge in [0.2, 0.25) is 5.82 Å². The normalized spacial score (nSPS) is 11.8. The van der Waals surface area contributed by atoms with E-state index in [1.54, 1.807) is 18.2 Å². The van der Waals surface area contributed by atoms with Gasteiger partial charge in [0.05, 0.1) is 43.7 Å². The van der Waals surface area contributed by atoms with Crippen molar-refractivity contribution in [2.24, 2.45) is 4.99 Å². The SMILES string of the molecule is CCOC(=O)C(C=Nc1cc(NCc2ccc(OC)cc2OC)c(F)cc1CO)=C(O)c1c(F)c(Cl)c(F)c(F)c1[N+](=O)[O-]. The van der Waals surface area contributed by atoms with Crippen LogP contribution in [0.25, 0.3) is 5.76 Å². The molecular weight excluding hydrogens is 618 g/mol. The molecule has 3 N–H and O–H groups in total. The standard InChI is InChI=1S/C28H24ClF4N3O8/c1-4-44-28(39)16(27(38)21-23(31)22(29)24(32)25(33)26(21)36(40)41)11-35-18-9-19(17(30)7-14(18)12-37)34-10-13-5-6-15(42-2)8-20(13)43-3/h5-9,11,34,37-38H,4,10,12H2,1-3H3. The number of esters is 1. The molecule has 0 unspecified atom stereocenters. The lowest BCUT2D eigenvalue weighted by atomic mass is 10.0. The second-order valence-corrected chi connectivity index (χ2v) is 9.01. The first kappa shape index (κ1) is 33.6. The minimum atomic E-state index is -2.20. The van der Waals surface area contributed by atoms with E-state index < -0.39 is 68.4 Å². The molecule has 0 saturated carbocycles. The first-order chi connectivity index (χ1) is 20.9. The van der Waals surface area contributed by atoms with Crippen molar-refractivity contribution < 1.29 is 51.7 Å². The van der Waals surface area contributed by atoms with Gasteiger partial charge in [-0.25, -0.2) is 18.0 Å². The predicted octanol–water partition coefficient (Wildman–Crippen LogP) is 6.16. The van der Waals surface area contributed by atoms with E-state index in [2.05, 4.69) is 10.3 Å². The molecule has 0 amide bonds. The van der Waals surface area contributed by atoms with Gasteiger partial charge in [-0.2, -0.15) is 4.39 Å². The minimum absolute atomic E-state index is 0.0420. The second kappa shape index (κ2) is 14.5. The van der Waals surface area contributed by atoms with Crippen LogP contribution in [-0.4, -0.2) is 48.1 Å². The first-order valence-corrected chi connectivity index (χ1v) is 12.8. The zero-order valence-corrected chi connectivity index (χ0v) is 24.0. The van der Waals surface area contributed by atoms with Gasteiger partial charge >= 0.3 is 11.7 Å². The van der Waals surface area contributed by atoms with Crippen molar-refractivity contribution in [1.82, 2.24) is 0 Å². The fourth-order valence-corrected chi connectivity index (χ4v) is 4.05. The van der Waals surface area contributed by atoms with Gasteiger partial charge in [0, 0.05) is 30.0 Å². The summed E-state index contributed by atoms with van der Waals surface area (Å²) >= 11 is 5.43. The lowest BCUT2D eigenvalue weighted by molar-refractivity contribution is -0.388. The van der Waals surface area contributed by atoms with Crippen LogP contribution in [0.4, 0.5) is 34.6 Å². The molecule has 0 aliphatic carbocycles. The number of nitro benzene ring substituents is 1. The number of ether oxygens (including phenoxy) is 3. The zero-order chi connectivity index (χ0) is 32.7. The summed E-state index contributed by atoms with van der Waals surface area (Å²) in [4.78, 5) is 26.6. The minimum Gasteiger partial charge on any atom is -0.506 e. The first-order valence-electron chi connectivity index (χ1n) is 12.4. The molecule has 0 spiro atoms. The van der Waals surface area contributed by atoms with Gasteiger partial charge in [0.25, 0.3) is 0 Å². The van der Waals surface area contributed by atoms with Gasteiger partial charge < -0.3 is 29.7 Å². The van der Waals surface area contributed by atoms with Crippen molar-refractivity contribution in [3.63, 3.8) is 0 Å². The maximum atomic E-state index is 14.9. The summed E-state index contributed by atoms with van der Waals surface area (Å²) in [5.41, 5.74) is -4.25. The number of nitrogens with one attached hydrogen (secondary N) is 1. The summed E-state index contributed by atoms with van der Waals surface area (Å²) in [6, 6.07) is 6.99. The van der Waals surface area contributed by atoms with Crippen molar-refractivity contribution in [2.75, 3.05) is 26.1 Å². The van der Waals surface area contributed by atoms with E-state index in [-0.39, 0.29) is 30.1 Å². The maximum absolute atomic E-state index is 14.9. The maximum Gasteiger partial charge on any atom is 0.343 e. The van der Waals surface area contributed by atoms with Gasteiger partial charge in [-0.05, 0) is 31.2 Å². The van der Waals surface area contributed by atoms with Crippen molar-refractivity contribution in [3.05, 3.63) is 91.0 Å². The number of aliphatic hydroxyl groups is 2. The molecule has 3 rings (SSSR count). The molecule has 0 heterocycles. The monoisotopic (exact) mass is 641 g/mol. The third-order valence-electron chi connectivity index (χ3n) is 6.05. The highest BCUT2D eigenvalue weighted by Crippen LogP contribution is 2.38. The molecule has 3 aromatic rings. The Morgan fingerprint density at radius 3 is 2.39 bits per heavy atom. The molecule has 0 radical (unpaired) electrons. The Morgan fingerprint density at radius 2 is 1.80 bits per heavy atom. The van der Waals surface area contributed by atoms with Crippen molar-refractivity contribution >= 4 is 46.6 Å². The van der Waals surface area contributed by atoms with E-state index in [0.29, 0.717) is 23.3 Å². The number of carbonyl (C=O) groups excluding carboxylic acids is 1. The number of hydrogen-bond acceptors (Lipinski definition) is 10. The Balaban J connectivity index is 2.13. The Labute approximate surface area is 252 Å². The summed E-state index contributed by atoms with van der Waals surface area (Å²) in [6.45, 7) is 0.356. The highest BCUT2D eigenvalue weighted by atomic mass is 35.5. The van der Waals surface area contributed by atoms with Crippen LogP contribution in [-0.2, 0) is 22.7 Å². The summed E-state index contributed by atoms with van der Waals surface area (Å²) in [5, 5.41) is 33.3. The van der Waals surface area contributed by atoms with Crippen LogP contribution in [0, 0.1) is 33.4 Å². The van der Waals surface area contributed by atoms with Crippen molar-refractivity contribution in [2.45, 2.75) is 20.1 Å². The Kier molecular flexibility index (Phi) is 11.1. The topological polar surface area (TPSA) is 153 Å². The average Bonchev–Trinajstić information content (AvgIpc) is 3.01. The summed E-state index contributed by atoms with van der Waals surface area (Å²) in [7, 11) is 2.90. The third kappa shape index (κ3) is 7.01.